The maximum Gasteiger partial charge on any atom is 0.343 e. The first-order valence-electron chi connectivity index (χ1n) is 3.44. The van der Waals surface area contributed by atoms with E-state index in [9.17, 15) is 4.79 Å². The smallest absolute Gasteiger partial charge is 0.282 e. The lowest BCUT2D eigenvalue weighted by molar-refractivity contribution is 0.614. The lowest BCUT2D eigenvalue weighted by atomic mass is 10.3. The first-order valence-corrected chi connectivity index (χ1v) is 3.44. The molecule has 0 atom stereocenters. The Labute approximate surface area is 58.9 Å². The van der Waals surface area contributed by atoms with E-state index in [2.05, 4.69) is 17.1 Å². The number of nitrogens with one attached hydrogen (secondary N) is 1. The number of aromatic nitrogens is 3. The number of H-pyrrole nitrogens is 1. The normalized spacial score (nSPS) is 10.1. The van der Waals surface area contributed by atoms with Gasteiger partial charge in [-0.15, -0.1) is 0 Å². The predicted octanol–water partition coefficient (Wildman–Crippen LogP) is 0.371. The van der Waals surface area contributed by atoms with Crippen molar-refractivity contribution in [2.45, 2.75) is 26.3 Å². The summed E-state index contributed by atoms with van der Waals surface area (Å²) in [7, 11) is 0. The Morgan fingerprint density at radius 2 is 2.60 bits per heavy atom. The third-order valence-electron chi connectivity index (χ3n) is 1.37. The lowest BCUT2D eigenvalue weighted by Crippen LogP contribution is -2.15. The summed E-state index contributed by atoms with van der Waals surface area (Å²) in [5.74, 6) is 0. The summed E-state index contributed by atoms with van der Waals surface area (Å²) in [6.07, 6.45) is 3.65. The van der Waals surface area contributed by atoms with Gasteiger partial charge in [0.05, 0.1) is 0 Å². The molecule has 1 aromatic heterocycles. The van der Waals surface area contributed by atoms with Gasteiger partial charge in [0, 0.05) is 6.54 Å². The first-order chi connectivity index (χ1) is 4.84. The second-order valence-corrected chi connectivity index (χ2v) is 2.21. The van der Waals surface area contributed by atoms with Crippen LogP contribution in [-0.2, 0) is 6.54 Å². The van der Waals surface area contributed by atoms with Crippen LogP contribution in [0.15, 0.2) is 11.1 Å². The van der Waals surface area contributed by atoms with Crippen LogP contribution < -0.4 is 5.69 Å². The van der Waals surface area contributed by atoms with Gasteiger partial charge in [0.1, 0.15) is 6.33 Å². The van der Waals surface area contributed by atoms with E-state index in [0.717, 1.165) is 19.4 Å². The molecule has 0 fully saturated rings. The van der Waals surface area contributed by atoms with Gasteiger partial charge < -0.3 is 0 Å². The summed E-state index contributed by atoms with van der Waals surface area (Å²) in [5.41, 5.74) is -0.117. The molecular weight excluding hydrogens is 130 g/mol. The van der Waals surface area contributed by atoms with Gasteiger partial charge in [-0.25, -0.2) is 9.89 Å². The Morgan fingerprint density at radius 3 is 3.10 bits per heavy atom. The van der Waals surface area contributed by atoms with E-state index in [-0.39, 0.29) is 5.69 Å². The SMILES string of the molecule is CCCCn1cn[nH]c1=O. The highest BCUT2D eigenvalue weighted by atomic mass is 16.1. The Hall–Kier alpha value is -1.06. The van der Waals surface area contributed by atoms with Gasteiger partial charge in [-0.2, -0.15) is 5.10 Å². The van der Waals surface area contributed by atoms with Crippen LogP contribution >= 0.6 is 0 Å². The minimum absolute atomic E-state index is 0.117. The van der Waals surface area contributed by atoms with E-state index in [4.69, 9.17) is 0 Å². The fraction of sp³-hybridized carbons (Fsp3) is 0.667. The number of aromatic amines is 1. The molecule has 1 aromatic rings. The Balaban J connectivity index is 2.57. The van der Waals surface area contributed by atoms with Gasteiger partial charge in [0.25, 0.3) is 0 Å². The molecule has 0 aliphatic carbocycles. The number of unbranched alkanes of at least 4 members (excludes halogenated alkanes) is 1. The zero-order valence-corrected chi connectivity index (χ0v) is 6.00. The van der Waals surface area contributed by atoms with Crippen LogP contribution in [0.2, 0.25) is 0 Å². The molecule has 0 saturated heterocycles. The third kappa shape index (κ3) is 1.46. The van der Waals surface area contributed by atoms with Crippen molar-refractivity contribution in [3.05, 3.63) is 16.8 Å². The zero-order valence-electron chi connectivity index (χ0n) is 6.00. The molecule has 1 rings (SSSR count). The highest BCUT2D eigenvalue weighted by molar-refractivity contribution is 4.61. The van der Waals surface area contributed by atoms with Crippen LogP contribution in [0.1, 0.15) is 19.8 Å². The fourth-order valence-electron chi connectivity index (χ4n) is 0.758. The maximum atomic E-state index is 10.8. The minimum atomic E-state index is -0.117. The van der Waals surface area contributed by atoms with E-state index in [1.54, 1.807) is 4.57 Å². The highest BCUT2D eigenvalue weighted by Gasteiger charge is 1.93. The summed E-state index contributed by atoms with van der Waals surface area (Å²) in [6.45, 7) is 2.86. The topological polar surface area (TPSA) is 50.7 Å². The number of hydrogen-bond donors (Lipinski definition) is 1. The number of aryl methyl sites for hydroxylation is 1. The summed E-state index contributed by atoms with van der Waals surface area (Å²) in [5, 5.41) is 5.94. The number of rotatable bonds is 3. The number of nitrogens with zero attached hydrogens (tertiary/aromatic N) is 2. The molecule has 0 bridgehead atoms. The fourth-order valence-corrected chi connectivity index (χ4v) is 0.758. The van der Waals surface area contributed by atoms with Crippen molar-refractivity contribution in [2.75, 3.05) is 0 Å². The molecule has 4 heteroatoms. The second kappa shape index (κ2) is 3.20. The Bertz CT molecular complexity index is 237. The summed E-state index contributed by atoms with van der Waals surface area (Å²) in [6, 6.07) is 0. The van der Waals surface area contributed by atoms with Crippen molar-refractivity contribution in [2.24, 2.45) is 0 Å². The van der Waals surface area contributed by atoms with Crippen molar-refractivity contribution in [1.29, 1.82) is 0 Å². The standard InChI is InChI=1S/C6H11N3O/c1-2-3-4-9-5-7-8-6(9)10/h5H,2-4H2,1H3,(H,8,10). The summed E-state index contributed by atoms with van der Waals surface area (Å²) < 4.78 is 1.57. The van der Waals surface area contributed by atoms with Crippen LogP contribution in [0, 0.1) is 0 Å². The van der Waals surface area contributed by atoms with E-state index in [0.29, 0.717) is 0 Å². The minimum Gasteiger partial charge on any atom is -0.282 e. The molecule has 0 aliphatic rings. The maximum absolute atomic E-state index is 10.8. The molecular formula is C6H11N3O. The molecule has 10 heavy (non-hydrogen) atoms. The molecule has 0 spiro atoms. The lowest BCUT2D eigenvalue weighted by Gasteiger charge is -1.94. The van der Waals surface area contributed by atoms with Crippen molar-refractivity contribution in [3.8, 4) is 0 Å². The molecule has 0 saturated carbocycles. The van der Waals surface area contributed by atoms with Crippen molar-refractivity contribution in [1.82, 2.24) is 14.8 Å². The molecule has 0 aromatic carbocycles. The van der Waals surface area contributed by atoms with Crippen LogP contribution in [0.4, 0.5) is 0 Å². The molecule has 0 unspecified atom stereocenters. The van der Waals surface area contributed by atoms with Gasteiger partial charge in [0.15, 0.2) is 0 Å². The average molecular weight is 141 g/mol. The van der Waals surface area contributed by atoms with E-state index >= 15 is 0 Å². The van der Waals surface area contributed by atoms with Gasteiger partial charge in [-0.3, -0.25) is 4.57 Å². The Morgan fingerprint density at radius 1 is 1.80 bits per heavy atom. The molecule has 4 nitrogen and oxygen atoms in total. The monoisotopic (exact) mass is 141 g/mol. The van der Waals surface area contributed by atoms with Gasteiger partial charge in [0.2, 0.25) is 0 Å². The second-order valence-electron chi connectivity index (χ2n) is 2.21. The zero-order chi connectivity index (χ0) is 7.40. The quantitative estimate of drug-likeness (QED) is 0.661. The largest absolute Gasteiger partial charge is 0.343 e. The summed E-state index contributed by atoms with van der Waals surface area (Å²) >= 11 is 0. The van der Waals surface area contributed by atoms with Gasteiger partial charge in [-0.1, -0.05) is 13.3 Å². The van der Waals surface area contributed by atoms with Crippen molar-refractivity contribution in [3.63, 3.8) is 0 Å². The summed E-state index contributed by atoms with van der Waals surface area (Å²) in [4.78, 5) is 10.8. The number of hydrogen-bond acceptors (Lipinski definition) is 2. The molecule has 0 aliphatic heterocycles. The first kappa shape index (κ1) is 7.05. The third-order valence-corrected chi connectivity index (χ3v) is 1.37. The van der Waals surface area contributed by atoms with Gasteiger partial charge >= 0.3 is 5.69 Å². The molecule has 56 valence electrons. The van der Waals surface area contributed by atoms with E-state index < -0.39 is 0 Å². The predicted molar refractivity (Wildman–Crippen MR) is 37.8 cm³/mol. The average Bonchev–Trinajstić information content (AvgIpc) is 2.31. The Kier molecular flexibility index (Phi) is 2.25. The van der Waals surface area contributed by atoms with Crippen LogP contribution in [-0.4, -0.2) is 14.8 Å². The van der Waals surface area contributed by atoms with Crippen molar-refractivity contribution >= 4 is 0 Å². The molecule has 1 heterocycles. The van der Waals surface area contributed by atoms with Crippen LogP contribution in [0.25, 0.3) is 0 Å². The van der Waals surface area contributed by atoms with E-state index in [1.807, 2.05) is 0 Å². The van der Waals surface area contributed by atoms with Gasteiger partial charge in [-0.05, 0) is 6.42 Å². The van der Waals surface area contributed by atoms with Crippen molar-refractivity contribution < 1.29 is 0 Å². The highest BCUT2D eigenvalue weighted by Crippen LogP contribution is 1.88. The molecule has 0 radical (unpaired) electrons. The van der Waals surface area contributed by atoms with Crippen LogP contribution in [0.5, 0.6) is 0 Å². The molecule has 0 amide bonds. The van der Waals surface area contributed by atoms with E-state index in [1.165, 1.54) is 6.33 Å². The van der Waals surface area contributed by atoms with Crippen LogP contribution in [0.3, 0.4) is 0 Å². The molecule has 1 N–H and O–H groups in total.